The van der Waals surface area contributed by atoms with E-state index in [1.807, 2.05) is 46.4 Å². The van der Waals surface area contributed by atoms with Crippen molar-refractivity contribution in [3.8, 4) is 11.4 Å². The first-order valence-electron chi connectivity index (χ1n) is 10.7. The van der Waals surface area contributed by atoms with Gasteiger partial charge in [-0.2, -0.15) is 0 Å². The molecule has 0 saturated carbocycles. The van der Waals surface area contributed by atoms with E-state index in [2.05, 4.69) is 9.88 Å². The van der Waals surface area contributed by atoms with Crippen molar-refractivity contribution in [1.82, 2.24) is 19.1 Å². The number of piperidine rings is 1. The zero-order valence-corrected chi connectivity index (χ0v) is 17.4. The van der Waals surface area contributed by atoms with Crippen molar-refractivity contribution in [2.45, 2.75) is 32.4 Å². The lowest BCUT2D eigenvalue weighted by molar-refractivity contribution is 0.399. The summed E-state index contributed by atoms with van der Waals surface area (Å²) < 4.78 is 17.4. The van der Waals surface area contributed by atoms with E-state index in [4.69, 9.17) is 4.98 Å². The standard InChI is InChI=1S/C24H24FN5O/c1-2-29-20-10-3-4-11-21(20)30(24(29)31)19-9-6-14-28(16-19)22-12-13-26-23(27-22)17-7-5-8-18(25)15-17/h3-5,7-8,10-13,15,19H,2,6,9,14,16H2,1H3/t19-/m0/s1. The number of para-hydroxylation sites is 2. The molecular weight excluding hydrogens is 393 g/mol. The molecule has 1 saturated heterocycles. The fourth-order valence-corrected chi connectivity index (χ4v) is 4.56. The molecule has 2 aromatic heterocycles. The topological polar surface area (TPSA) is 56.0 Å². The Kier molecular flexibility index (Phi) is 5.02. The number of anilines is 1. The molecule has 4 aromatic rings. The summed E-state index contributed by atoms with van der Waals surface area (Å²) >= 11 is 0. The highest BCUT2D eigenvalue weighted by Crippen LogP contribution is 2.28. The lowest BCUT2D eigenvalue weighted by Gasteiger charge is -2.34. The Balaban J connectivity index is 1.49. The quantitative estimate of drug-likeness (QED) is 0.498. The maximum Gasteiger partial charge on any atom is 0.329 e. The lowest BCUT2D eigenvalue weighted by atomic mass is 10.1. The molecule has 31 heavy (non-hydrogen) atoms. The molecule has 7 heteroatoms. The molecule has 2 aromatic carbocycles. The van der Waals surface area contributed by atoms with E-state index >= 15 is 0 Å². The van der Waals surface area contributed by atoms with Gasteiger partial charge in [-0.1, -0.05) is 24.3 Å². The van der Waals surface area contributed by atoms with Crippen molar-refractivity contribution < 1.29 is 4.39 Å². The van der Waals surface area contributed by atoms with Crippen LogP contribution in [0.2, 0.25) is 0 Å². The van der Waals surface area contributed by atoms with E-state index in [1.165, 1.54) is 12.1 Å². The largest absolute Gasteiger partial charge is 0.354 e. The number of aromatic nitrogens is 4. The number of hydrogen-bond acceptors (Lipinski definition) is 4. The molecule has 0 spiro atoms. The Morgan fingerprint density at radius 3 is 2.74 bits per heavy atom. The maximum atomic E-state index is 13.6. The third-order valence-corrected chi connectivity index (χ3v) is 5.99. The van der Waals surface area contributed by atoms with Gasteiger partial charge in [-0.3, -0.25) is 9.13 Å². The molecule has 0 aliphatic carbocycles. The van der Waals surface area contributed by atoms with Crippen LogP contribution in [0, 0.1) is 5.82 Å². The minimum absolute atomic E-state index is 0.0405. The molecule has 3 heterocycles. The molecule has 1 atom stereocenters. The van der Waals surface area contributed by atoms with E-state index in [0.29, 0.717) is 24.5 Å². The molecule has 1 fully saturated rings. The average Bonchev–Trinajstić information content (AvgIpc) is 3.10. The van der Waals surface area contributed by atoms with E-state index < -0.39 is 0 Å². The van der Waals surface area contributed by atoms with Gasteiger partial charge in [0.15, 0.2) is 5.82 Å². The van der Waals surface area contributed by atoms with Gasteiger partial charge >= 0.3 is 5.69 Å². The first-order valence-corrected chi connectivity index (χ1v) is 10.7. The summed E-state index contributed by atoms with van der Waals surface area (Å²) in [4.78, 5) is 24.4. The minimum Gasteiger partial charge on any atom is -0.354 e. The van der Waals surface area contributed by atoms with E-state index in [9.17, 15) is 9.18 Å². The van der Waals surface area contributed by atoms with Crippen LogP contribution in [0.15, 0.2) is 65.6 Å². The Hall–Kier alpha value is -3.48. The van der Waals surface area contributed by atoms with Crippen LogP contribution < -0.4 is 10.6 Å². The third-order valence-electron chi connectivity index (χ3n) is 5.99. The first kappa shape index (κ1) is 19.5. The molecule has 0 N–H and O–H groups in total. The number of rotatable bonds is 4. The van der Waals surface area contributed by atoms with Crippen LogP contribution in [0.3, 0.4) is 0 Å². The van der Waals surface area contributed by atoms with Crippen molar-refractivity contribution in [2.24, 2.45) is 0 Å². The summed E-state index contributed by atoms with van der Waals surface area (Å²) in [7, 11) is 0. The molecule has 0 radical (unpaired) electrons. The van der Waals surface area contributed by atoms with Gasteiger partial charge in [-0.25, -0.2) is 19.2 Å². The van der Waals surface area contributed by atoms with Crippen LogP contribution in [-0.2, 0) is 6.54 Å². The lowest BCUT2D eigenvalue weighted by Crippen LogP contribution is -2.40. The zero-order valence-electron chi connectivity index (χ0n) is 17.4. The van der Waals surface area contributed by atoms with Crippen LogP contribution in [0.4, 0.5) is 10.2 Å². The molecular formula is C24H24FN5O. The Labute approximate surface area is 179 Å². The molecule has 0 unspecified atom stereocenters. The fourth-order valence-electron chi connectivity index (χ4n) is 4.56. The Bertz CT molecular complexity index is 1290. The van der Waals surface area contributed by atoms with Crippen molar-refractivity contribution >= 4 is 16.9 Å². The average molecular weight is 417 g/mol. The summed E-state index contributed by atoms with van der Waals surface area (Å²) in [5, 5.41) is 0. The van der Waals surface area contributed by atoms with Crippen molar-refractivity contribution in [3.05, 3.63) is 77.1 Å². The highest BCUT2D eigenvalue weighted by atomic mass is 19.1. The van der Waals surface area contributed by atoms with Crippen molar-refractivity contribution in [2.75, 3.05) is 18.0 Å². The highest BCUT2D eigenvalue weighted by Gasteiger charge is 2.26. The number of hydrogen-bond donors (Lipinski definition) is 0. The summed E-state index contributed by atoms with van der Waals surface area (Å²) in [6, 6.07) is 16.2. The third kappa shape index (κ3) is 3.50. The molecule has 5 rings (SSSR count). The molecule has 0 amide bonds. The Morgan fingerprint density at radius 2 is 1.94 bits per heavy atom. The van der Waals surface area contributed by atoms with Crippen LogP contribution >= 0.6 is 0 Å². The predicted octanol–water partition coefficient (Wildman–Crippen LogP) is 4.26. The second-order valence-corrected chi connectivity index (χ2v) is 7.88. The first-order chi connectivity index (χ1) is 15.2. The van der Waals surface area contributed by atoms with Gasteiger partial charge in [0.2, 0.25) is 0 Å². The van der Waals surface area contributed by atoms with E-state index in [-0.39, 0.29) is 17.5 Å². The van der Waals surface area contributed by atoms with Gasteiger partial charge in [-0.15, -0.1) is 0 Å². The maximum absolute atomic E-state index is 13.6. The van der Waals surface area contributed by atoms with Crippen LogP contribution in [0.5, 0.6) is 0 Å². The molecule has 158 valence electrons. The number of aryl methyl sites for hydroxylation is 1. The van der Waals surface area contributed by atoms with Gasteiger partial charge in [0, 0.05) is 31.4 Å². The molecule has 1 aliphatic heterocycles. The summed E-state index contributed by atoms with van der Waals surface area (Å²) in [6.07, 6.45) is 3.61. The number of imidazole rings is 1. The summed E-state index contributed by atoms with van der Waals surface area (Å²) in [5.74, 6) is 0.987. The number of nitrogens with zero attached hydrogens (tertiary/aromatic N) is 5. The minimum atomic E-state index is -0.309. The van der Waals surface area contributed by atoms with Gasteiger partial charge in [0.1, 0.15) is 11.6 Å². The number of benzene rings is 2. The molecule has 6 nitrogen and oxygen atoms in total. The summed E-state index contributed by atoms with van der Waals surface area (Å²) in [6.45, 7) is 4.19. The highest BCUT2D eigenvalue weighted by molar-refractivity contribution is 5.76. The number of halogens is 1. The monoisotopic (exact) mass is 417 g/mol. The normalized spacial score (nSPS) is 16.7. The SMILES string of the molecule is CCn1c(=O)n([C@H]2CCCN(c3ccnc(-c4cccc(F)c4)n3)C2)c2ccccc21. The second kappa shape index (κ2) is 7.98. The fraction of sp³-hybridized carbons (Fsp3) is 0.292. The molecule has 1 aliphatic rings. The molecule has 0 bridgehead atoms. The van der Waals surface area contributed by atoms with Gasteiger partial charge in [0.25, 0.3) is 0 Å². The smallest absolute Gasteiger partial charge is 0.329 e. The van der Waals surface area contributed by atoms with Gasteiger partial charge < -0.3 is 4.90 Å². The zero-order chi connectivity index (χ0) is 21.4. The predicted molar refractivity (Wildman–Crippen MR) is 120 cm³/mol. The van der Waals surface area contributed by atoms with Crippen LogP contribution in [0.25, 0.3) is 22.4 Å². The van der Waals surface area contributed by atoms with Crippen LogP contribution in [-0.4, -0.2) is 32.2 Å². The summed E-state index contributed by atoms with van der Waals surface area (Å²) in [5.41, 5.74) is 2.64. The van der Waals surface area contributed by atoms with Crippen molar-refractivity contribution in [1.29, 1.82) is 0 Å². The van der Waals surface area contributed by atoms with Gasteiger partial charge in [0.05, 0.1) is 17.1 Å². The van der Waals surface area contributed by atoms with Crippen molar-refractivity contribution in [3.63, 3.8) is 0 Å². The van der Waals surface area contributed by atoms with Crippen LogP contribution in [0.1, 0.15) is 25.8 Å². The number of fused-ring (bicyclic) bond motifs is 1. The Morgan fingerprint density at radius 1 is 1.10 bits per heavy atom. The van der Waals surface area contributed by atoms with E-state index in [0.717, 1.165) is 36.2 Å². The van der Waals surface area contributed by atoms with Gasteiger partial charge in [-0.05, 0) is 50.1 Å². The second-order valence-electron chi connectivity index (χ2n) is 7.88. The van der Waals surface area contributed by atoms with E-state index in [1.54, 1.807) is 18.3 Å².